The molecule has 3 aliphatic rings. The monoisotopic (exact) mass is 456 g/mol. The second-order valence-electron chi connectivity index (χ2n) is 8.27. The predicted molar refractivity (Wildman–Crippen MR) is 114 cm³/mol. The van der Waals surface area contributed by atoms with Crippen molar-refractivity contribution < 1.29 is 9.53 Å². The highest BCUT2D eigenvalue weighted by atomic mass is 79.9. The van der Waals surface area contributed by atoms with Crippen LogP contribution in [0.2, 0.25) is 0 Å². The van der Waals surface area contributed by atoms with Crippen LogP contribution in [0.25, 0.3) is 0 Å². The van der Waals surface area contributed by atoms with Crippen LogP contribution in [0.3, 0.4) is 0 Å². The van der Waals surface area contributed by atoms with Crippen LogP contribution >= 0.6 is 15.9 Å². The number of benzene rings is 1. The highest BCUT2D eigenvalue weighted by Crippen LogP contribution is 2.38. The smallest absolute Gasteiger partial charge is 0.238 e. The standard InChI is InChI=1S/C22H25BrN4O2/c23-18-3-1-17(2-4-18)13-25-14-20(28)27-16-22(29-21(27)15-25)7-11-26(12-8-22)19-5-9-24-10-6-19/h1-6,9-10,21H,7-8,11-16H2. The lowest BCUT2D eigenvalue weighted by molar-refractivity contribution is -0.149. The lowest BCUT2D eigenvalue weighted by Crippen LogP contribution is -2.53. The third-order valence-corrected chi connectivity index (χ3v) is 6.84. The Morgan fingerprint density at radius 2 is 1.83 bits per heavy atom. The summed E-state index contributed by atoms with van der Waals surface area (Å²) < 4.78 is 7.62. The molecule has 1 unspecified atom stereocenters. The van der Waals surface area contributed by atoms with E-state index in [0.717, 1.165) is 50.0 Å². The minimum absolute atomic E-state index is 0.126. The summed E-state index contributed by atoms with van der Waals surface area (Å²) in [6.45, 7) is 4.64. The summed E-state index contributed by atoms with van der Waals surface area (Å²) in [5.41, 5.74) is 2.23. The lowest BCUT2D eigenvalue weighted by Gasteiger charge is -2.39. The fourth-order valence-electron chi connectivity index (χ4n) is 4.73. The number of piperazine rings is 1. The molecule has 0 radical (unpaired) electrons. The minimum Gasteiger partial charge on any atom is -0.371 e. The number of hydrogen-bond acceptors (Lipinski definition) is 5. The normalized spacial score (nSPS) is 24.2. The number of halogens is 1. The number of ether oxygens (including phenoxy) is 1. The number of carbonyl (C=O) groups excluding carboxylic acids is 1. The topological polar surface area (TPSA) is 48.9 Å². The van der Waals surface area contributed by atoms with Crippen molar-refractivity contribution in [2.75, 3.05) is 37.6 Å². The molecule has 1 aromatic heterocycles. The van der Waals surface area contributed by atoms with Gasteiger partial charge in [0, 0.05) is 48.7 Å². The fraction of sp³-hybridized carbons (Fsp3) is 0.455. The molecule has 3 saturated heterocycles. The fourth-order valence-corrected chi connectivity index (χ4v) is 4.99. The van der Waals surface area contributed by atoms with Gasteiger partial charge in [-0.3, -0.25) is 14.7 Å². The van der Waals surface area contributed by atoms with Gasteiger partial charge in [0.05, 0.1) is 18.7 Å². The highest BCUT2D eigenvalue weighted by Gasteiger charge is 2.50. The quantitative estimate of drug-likeness (QED) is 0.710. The molecule has 7 heteroatoms. The Kier molecular flexibility index (Phi) is 5.05. The first kappa shape index (κ1) is 19.0. The molecule has 152 valence electrons. The van der Waals surface area contributed by atoms with Crippen LogP contribution in [-0.2, 0) is 16.1 Å². The molecule has 3 aliphatic heterocycles. The maximum Gasteiger partial charge on any atom is 0.238 e. The maximum atomic E-state index is 12.8. The van der Waals surface area contributed by atoms with Crippen molar-refractivity contribution in [3.05, 3.63) is 58.8 Å². The van der Waals surface area contributed by atoms with E-state index in [-0.39, 0.29) is 17.7 Å². The predicted octanol–water partition coefficient (Wildman–Crippen LogP) is 2.88. The molecule has 4 heterocycles. The summed E-state index contributed by atoms with van der Waals surface area (Å²) in [4.78, 5) is 23.5. The summed E-state index contributed by atoms with van der Waals surface area (Å²) in [6.07, 6.45) is 5.44. The van der Waals surface area contributed by atoms with Crippen LogP contribution in [0.4, 0.5) is 5.69 Å². The Hall–Kier alpha value is -1.96. The van der Waals surface area contributed by atoms with E-state index in [4.69, 9.17) is 4.74 Å². The summed E-state index contributed by atoms with van der Waals surface area (Å²) in [6, 6.07) is 12.4. The first-order chi connectivity index (χ1) is 14.1. The van der Waals surface area contributed by atoms with Gasteiger partial charge in [0.25, 0.3) is 0 Å². The van der Waals surface area contributed by atoms with E-state index in [9.17, 15) is 4.79 Å². The van der Waals surface area contributed by atoms with E-state index in [2.05, 4.69) is 55.0 Å². The van der Waals surface area contributed by atoms with E-state index < -0.39 is 0 Å². The van der Waals surface area contributed by atoms with Crippen LogP contribution < -0.4 is 4.90 Å². The van der Waals surface area contributed by atoms with Gasteiger partial charge in [0.2, 0.25) is 5.91 Å². The van der Waals surface area contributed by atoms with Gasteiger partial charge in [-0.1, -0.05) is 28.1 Å². The van der Waals surface area contributed by atoms with Crippen LogP contribution in [-0.4, -0.2) is 65.2 Å². The van der Waals surface area contributed by atoms with Crippen molar-refractivity contribution in [1.82, 2.24) is 14.8 Å². The highest BCUT2D eigenvalue weighted by molar-refractivity contribution is 9.10. The zero-order chi connectivity index (χ0) is 19.8. The molecular formula is C22H25BrN4O2. The molecule has 1 atom stereocenters. The molecule has 0 bridgehead atoms. The van der Waals surface area contributed by atoms with Crippen LogP contribution in [0.5, 0.6) is 0 Å². The Labute approximate surface area is 179 Å². The Morgan fingerprint density at radius 3 is 2.55 bits per heavy atom. The van der Waals surface area contributed by atoms with Gasteiger partial charge in [-0.25, -0.2) is 0 Å². The lowest BCUT2D eigenvalue weighted by atomic mass is 9.91. The number of hydrogen-bond donors (Lipinski definition) is 0. The molecule has 0 N–H and O–H groups in total. The molecule has 2 aromatic rings. The van der Waals surface area contributed by atoms with E-state index in [0.29, 0.717) is 6.54 Å². The second kappa shape index (κ2) is 7.70. The first-order valence-corrected chi connectivity index (χ1v) is 11.0. The SMILES string of the molecule is O=C1CN(Cc2ccc(Br)cc2)CC2OC3(CCN(c4ccncc4)CC3)CN12. The largest absolute Gasteiger partial charge is 0.371 e. The first-order valence-electron chi connectivity index (χ1n) is 10.2. The van der Waals surface area contributed by atoms with Gasteiger partial charge >= 0.3 is 0 Å². The summed E-state index contributed by atoms with van der Waals surface area (Å²) >= 11 is 3.48. The van der Waals surface area contributed by atoms with Crippen molar-refractivity contribution in [3.63, 3.8) is 0 Å². The molecule has 6 nitrogen and oxygen atoms in total. The van der Waals surface area contributed by atoms with Gasteiger partial charge in [-0.15, -0.1) is 0 Å². The molecule has 1 spiro atoms. The number of anilines is 1. The number of fused-ring (bicyclic) bond motifs is 1. The maximum absolute atomic E-state index is 12.8. The molecule has 0 saturated carbocycles. The summed E-state index contributed by atoms with van der Waals surface area (Å²) in [7, 11) is 0. The van der Waals surface area contributed by atoms with Gasteiger partial charge in [-0.05, 0) is 42.7 Å². The average molecular weight is 457 g/mol. The van der Waals surface area contributed by atoms with Crippen LogP contribution in [0.1, 0.15) is 18.4 Å². The Bertz CT molecular complexity index is 868. The zero-order valence-electron chi connectivity index (χ0n) is 16.3. The van der Waals surface area contributed by atoms with Crippen molar-refractivity contribution >= 4 is 27.5 Å². The van der Waals surface area contributed by atoms with Crippen molar-refractivity contribution in [2.45, 2.75) is 31.2 Å². The van der Waals surface area contributed by atoms with Crippen molar-refractivity contribution in [2.24, 2.45) is 0 Å². The van der Waals surface area contributed by atoms with Gasteiger partial charge in [0.1, 0.15) is 6.23 Å². The number of rotatable bonds is 3. The Morgan fingerprint density at radius 1 is 1.10 bits per heavy atom. The molecule has 1 amide bonds. The zero-order valence-corrected chi connectivity index (χ0v) is 17.9. The number of aromatic nitrogens is 1. The summed E-state index contributed by atoms with van der Waals surface area (Å²) in [5.74, 6) is 0.187. The number of pyridine rings is 1. The van der Waals surface area contributed by atoms with Crippen LogP contribution in [0.15, 0.2) is 53.3 Å². The van der Waals surface area contributed by atoms with Gasteiger partial charge in [0.15, 0.2) is 0 Å². The number of amides is 1. The van der Waals surface area contributed by atoms with Crippen LogP contribution in [0, 0.1) is 0 Å². The van der Waals surface area contributed by atoms with E-state index in [1.54, 1.807) is 0 Å². The van der Waals surface area contributed by atoms with Gasteiger partial charge < -0.3 is 14.5 Å². The average Bonchev–Trinajstić information content (AvgIpc) is 3.09. The van der Waals surface area contributed by atoms with Gasteiger partial charge in [-0.2, -0.15) is 0 Å². The number of carbonyl (C=O) groups is 1. The molecular weight excluding hydrogens is 432 g/mol. The van der Waals surface area contributed by atoms with E-state index in [1.807, 2.05) is 29.4 Å². The molecule has 29 heavy (non-hydrogen) atoms. The third kappa shape index (κ3) is 3.91. The number of nitrogens with zero attached hydrogens (tertiary/aromatic N) is 4. The van der Waals surface area contributed by atoms with E-state index >= 15 is 0 Å². The second-order valence-corrected chi connectivity index (χ2v) is 9.18. The van der Waals surface area contributed by atoms with E-state index in [1.165, 1.54) is 11.3 Å². The molecule has 1 aromatic carbocycles. The minimum atomic E-state index is -0.197. The number of piperidine rings is 1. The third-order valence-electron chi connectivity index (χ3n) is 6.31. The Balaban J connectivity index is 1.22. The van der Waals surface area contributed by atoms with Crippen molar-refractivity contribution in [1.29, 1.82) is 0 Å². The molecule has 0 aliphatic carbocycles. The molecule has 5 rings (SSSR count). The molecule has 3 fully saturated rings. The van der Waals surface area contributed by atoms with Crippen molar-refractivity contribution in [3.8, 4) is 0 Å². The summed E-state index contributed by atoms with van der Waals surface area (Å²) in [5, 5.41) is 0.